The molecule has 3 amide bonds. The first kappa shape index (κ1) is 42.8. The van der Waals surface area contributed by atoms with Crippen molar-refractivity contribution in [3.63, 3.8) is 0 Å². The van der Waals surface area contributed by atoms with Crippen LogP contribution in [0.2, 0.25) is 0 Å². The molecule has 0 spiro atoms. The molecule has 0 aromatic rings. The highest BCUT2D eigenvalue weighted by atomic mass is 31.2. The molecule has 1 aliphatic rings. The number of nitrogens with one attached hydrogen (secondary N) is 4. The Labute approximate surface area is 289 Å². The molecule has 5 N–H and O–H groups in total. The minimum atomic E-state index is -1.40. The molecule has 266 valence electrons. The molecule has 1 fully saturated rings. The summed E-state index contributed by atoms with van der Waals surface area (Å²) in [5.41, 5.74) is -0.984. The van der Waals surface area contributed by atoms with Crippen molar-refractivity contribution in [1.82, 2.24) is 25.9 Å². The molecule has 0 aromatic heterocycles. The maximum absolute atomic E-state index is 13.9. The fraction of sp³-hybridized carbons (Fsp3) is 0.714. The van der Waals surface area contributed by atoms with Gasteiger partial charge >= 0.3 is 0 Å². The minimum Gasteiger partial charge on any atom is -0.379 e. The van der Waals surface area contributed by atoms with Crippen LogP contribution >= 0.6 is 8.53 Å². The summed E-state index contributed by atoms with van der Waals surface area (Å²) < 4.78 is 14.8. The average molecular weight is 687 g/mol. The molecular formula is C35H55N6O6P. The monoisotopic (exact) mass is 686 g/mol. The van der Waals surface area contributed by atoms with E-state index in [-0.39, 0.29) is 113 Å². The van der Waals surface area contributed by atoms with Gasteiger partial charge in [0.2, 0.25) is 17.7 Å². The zero-order valence-corrected chi connectivity index (χ0v) is 29.9. The van der Waals surface area contributed by atoms with Crippen LogP contribution in [-0.2, 0) is 23.4 Å². The Morgan fingerprint density at radius 3 is 1.94 bits per heavy atom. The second-order valence-electron chi connectivity index (χ2n) is 12.5. The Morgan fingerprint density at radius 1 is 0.917 bits per heavy atom. The van der Waals surface area contributed by atoms with Crippen molar-refractivity contribution in [2.45, 2.75) is 128 Å². The second-order valence-corrected chi connectivity index (χ2v) is 13.9. The molecule has 1 rings (SSSR count). The highest BCUT2D eigenvalue weighted by molar-refractivity contribution is 7.44. The molecular weight excluding hydrogens is 631 g/mol. The molecule has 48 heavy (non-hydrogen) atoms. The molecule has 0 heterocycles. The molecule has 0 saturated heterocycles. The predicted octanol–water partition coefficient (Wildman–Crippen LogP) is 3.07. The lowest BCUT2D eigenvalue weighted by atomic mass is 9.81. The number of carbonyl (C=O) groups is 3. The van der Waals surface area contributed by atoms with E-state index < -0.39 is 20.3 Å². The predicted molar refractivity (Wildman–Crippen MR) is 187 cm³/mol. The fourth-order valence-corrected chi connectivity index (χ4v) is 7.42. The SMILES string of the molecule is C#CCNC(=O)CCC(CCC(=O)NCC#C)(CCC(O)NCC#C)NC(=O)C1CCC(OP(OCCC#N)N(C(C)C)C(C)C)CC1. The third-order valence-corrected chi connectivity index (χ3v) is 10.3. The number of nitrogens with zero attached hydrogens (tertiary/aromatic N) is 2. The fourth-order valence-electron chi connectivity index (χ4n) is 5.65. The third kappa shape index (κ3) is 16.8. The van der Waals surface area contributed by atoms with Gasteiger partial charge in [-0.25, -0.2) is 4.67 Å². The topological polar surface area (TPSA) is 165 Å². The summed E-state index contributed by atoms with van der Waals surface area (Å²) in [6, 6.07) is 2.47. The van der Waals surface area contributed by atoms with E-state index in [0.29, 0.717) is 25.7 Å². The van der Waals surface area contributed by atoms with Gasteiger partial charge in [-0.2, -0.15) is 5.26 Å². The van der Waals surface area contributed by atoms with E-state index in [9.17, 15) is 19.5 Å². The van der Waals surface area contributed by atoms with E-state index in [2.05, 4.69) is 77.5 Å². The smallest absolute Gasteiger partial charge is 0.259 e. The summed E-state index contributed by atoms with van der Waals surface area (Å²) in [5, 5.41) is 30.9. The second kappa shape index (κ2) is 24.0. The van der Waals surface area contributed by atoms with Gasteiger partial charge in [0.1, 0.15) is 6.23 Å². The Kier molecular flexibility index (Phi) is 21.4. The maximum Gasteiger partial charge on any atom is 0.259 e. The van der Waals surface area contributed by atoms with E-state index in [1.54, 1.807) is 0 Å². The Hall–Kier alpha value is -3.19. The van der Waals surface area contributed by atoms with Crippen LogP contribution in [0.25, 0.3) is 0 Å². The molecule has 0 radical (unpaired) electrons. The van der Waals surface area contributed by atoms with E-state index in [4.69, 9.17) is 33.6 Å². The first-order valence-electron chi connectivity index (χ1n) is 16.7. The van der Waals surface area contributed by atoms with Crippen LogP contribution in [0.15, 0.2) is 0 Å². The number of nitriles is 1. The molecule has 13 heteroatoms. The first-order chi connectivity index (χ1) is 22.9. The average Bonchev–Trinajstić information content (AvgIpc) is 3.05. The number of aliphatic hydroxyl groups is 1. The summed E-state index contributed by atoms with van der Waals surface area (Å²) in [4.78, 5) is 39.1. The van der Waals surface area contributed by atoms with Crippen LogP contribution in [-0.4, -0.2) is 83.7 Å². The number of hydrogen-bond donors (Lipinski definition) is 5. The van der Waals surface area contributed by atoms with Gasteiger partial charge in [-0.3, -0.25) is 19.7 Å². The van der Waals surface area contributed by atoms with Crippen LogP contribution in [0, 0.1) is 54.3 Å². The summed E-state index contributed by atoms with van der Waals surface area (Å²) in [6.07, 6.45) is 18.6. The van der Waals surface area contributed by atoms with E-state index in [0.717, 1.165) is 0 Å². The van der Waals surface area contributed by atoms with Gasteiger partial charge < -0.3 is 30.1 Å². The van der Waals surface area contributed by atoms with Crippen molar-refractivity contribution >= 4 is 26.2 Å². The van der Waals surface area contributed by atoms with Gasteiger partial charge in [-0.05, 0) is 79.1 Å². The quantitative estimate of drug-likeness (QED) is 0.0470. The van der Waals surface area contributed by atoms with Gasteiger partial charge in [-0.1, -0.05) is 17.8 Å². The van der Waals surface area contributed by atoms with Crippen molar-refractivity contribution in [3.8, 4) is 43.1 Å². The molecule has 2 unspecified atom stereocenters. The van der Waals surface area contributed by atoms with Gasteiger partial charge in [0.05, 0.1) is 44.8 Å². The number of terminal acetylenes is 3. The number of carbonyl (C=O) groups excluding carboxylic acids is 3. The van der Waals surface area contributed by atoms with E-state index in [1.165, 1.54) is 0 Å². The molecule has 0 aliphatic heterocycles. The summed E-state index contributed by atoms with van der Waals surface area (Å²) in [5.74, 6) is 6.13. The summed E-state index contributed by atoms with van der Waals surface area (Å²) in [7, 11) is -1.40. The molecule has 0 aromatic carbocycles. The first-order valence-corrected chi connectivity index (χ1v) is 17.9. The minimum absolute atomic E-state index is 0.0555. The van der Waals surface area contributed by atoms with Crippen molar-refractivity contribution in [2.24, 2.45) is 5.92 Å². The van der Waals surface area contributed by atoms with Gasteiger partial charge in [-0.15, -0.1) is 19.3 Å². The van der Waals surface area contributed by atoms with Gasteiger partial charge in [0, 0.05) is 36.4 Å². The molecule has 1 aliphatic carbocycles. The molecule has 12 nitrogen and oxygen atoms in total. The lowest BCUT2D eigenvalue weighted by molar-refractivity contribution is -0.130. The van der Waals surface area contributed by atoms with Gasteiger partial charge in [0.15, 0.2) is 0 Å². The number of rotatable bonds is 23. The Morgan fingerprint density at radius 2 is 1.46 bits per heavy atom. The van der Waals surface area contributed by atoms with Crippen molar-refractivity contribution in [3.05, 3.63) is 0 Å². The highest BCUT2D eigenvalue weighted by Gasteiger charge is 2.38. The van der Waals surface area contributed by atoms with Crippen molar-refractivity contribution in [2.75, 3.05) is 26.2 Å². The summed E-state index contributed by atoms with van der Waals surface area (Å²) >= 11 is 0. The van der Waals surface area contributed by atoms with Crippen molar-refractivity contribution in [1.29, 1.82) is 5.26 Å². The lowest BCUT2D eigenvalue weighted by Gasteiger charge is -2.40. The van der Waals surface area contributed by atoms with Crippen LogP contribution in [0.1, 0.15) is 98.3 Å². The van der Waals surface area contributed by atoms with E-state index >= 15 is 0 Å². The Bertz CT molecular complexity index is 1120. The maximum atomic E-state index is 13.9. The Balaban J connectivity index is 3.13. The highest BCUT2D eigenvalue weighted by Crippen LogP contribution is 2.49. The zero-order chi connectivity index (χ0) is 36.0. The number of aliphatic hydroxyl groups excluding tert-OH is 1. The van der Waals surface area contributed by atoms with E-state index in [1.807, 2.05) is 0 Å². The molecule has 1 saturated carbocycles. The zero-order valence-electron chi connectivity index (χ0n) is 29.1. The van der Waals surface area contributed by atoms with Gasteiger partial charge in [0.25, 0.3) is 8.53 Å². The molecule has 0 bridgehead atoms. The van der Waals surface area contributed by atoms with Crippen LogP contribution < -0.4 is 21.3 Å². The van der Waals surface area contributed by atoms with Crippen LogP contribution in [0.4, 0.5) is 0 Å². The lowest BCUT2D eigenvalue weighted by Crippen LogP contribution is -2.53. The molecule has 2 atom stereocenters. The largest absolute Gasteiger partial charge is 0.379 e. The van der Waals surface area contributed by atoms with Crippen molar-refractivity contribution < 1.29 is 28.5 Å². The van der Waals surface area contributed by atoms with Crippen LogP contribution in [0.3, 0.4) is 0 Å². The number of hydrogen-bond acceptors (Lipinski definition) is 9. The number of amides is 3. The van der Waals surface area contributed by atoms with Crippen LogP contribution in [0.5, 0.6) is 0 Å². The standard InChI is InChI=1S/C35H55N6O6P/c1-8-23-37-31(42)16-19-35(20-17-32(43)38-24-9-2,21-18-33(44)39-25-10-3)40-34(45)29-12-14-30(15-13-29)47-48(46-26-11-22-36)41(27(4)5)28(6)7/h1-3,27-31,37,42H,11-21,23-26H2,4-7H3,(H,38,43)(H,39,44)(H,40,45). The summed E-state index contributed by atoms with van der Waals surface area (Å²) in [6.45, 7) is 8.93. The normalized spacial score (nSPS) is 17.4. The third-order valence-electron chi connectivity index (χ3n) is 8.11.